The maximum atomic E-state index is 13.8. The molecular weight excluding hydrogens is 566 g/mol. The van der Waals surface area contributed by atoms with E-state index in [2.05, 4.69) is 11.9 Å². The molecule has 0 radical (unpaired) electrons. The van der Waals surface area contributed by atoms with Gasteiger partial charge >= 0.3 is 23.9 Å². The minimum Gasteiger partial charge on any atom is -0.461 e. The van der Waals surface area contributed by atoms with Gasteiger partial charge in [0.05, 0.1) is 28.2 Å². The van der Waals surface area contributed by atoms with E-state index in [1.807, 2.05) is 13.8 Å². The maximum absolute atomic E-state index is 13.8. The molecule has 3 fully saturated rings. The van der Waals surface area contributed by atoms with E-state index < -0.39 is 64.7 Å². The predicted octanol–water partition coefficient (Wildman–Crippen LogP) is 4.95. The number of pyridine rings is 1. The van der Waals surface area contributed by atoms with Gasteiger partial charge in [0.1, 0.15) is 24.2 Å². The van der Waals surface area contributed by atoms with Crippen LogP contribution in [0.15, 0.2) is 54.9 Å². The molecule has 1 aliphatic heterocycles. The van der Waals surface area contributed by atoms with Gasteiger partial charge in [0.25, 0.3) is 0 Å². The van der Waals surface area contributed by atoms with Crippen molar-refractivity contribution in [3.8, 4) is 0 Å². The Kier molecular flexibility index (Phi) is 8.59. The molecule has 2 aliphatic carbocycles. The highest BCUT2D eigenvalue weighted by molar-refractivity contribution is 5.90. The average Bonchev–Trinajstić information content (AvgIpc) is 3.26. The van der Waals surface area contributed by atoms with Crippen molar-refractivity contribution >= 4 is 23.9 Å². The highest BCUT2D eigenvalue weighted by atomic mass is 16.6. The van der Waals surface area contributed by atoms with Gasteiger partial charge in [-0.15, -0.1) is 0 Å². The van der Waals surface area contributed by atoms with Gasteiger partial charge in [-0.05, 0) is 63.3 Å². The summed E-state index contributed by atoms with van der Waals surface area (Å²) in [6.07, 6.45) is 1.35. The van der Waals surface area contributed by atoms with Crippen LogP contribution < -0.4 is 0 Å². The van der Waals surface area contributed by atoms with E-state index in [-0.39, 0.29) is 24.0 Å². The standard InChI is InChI=1S/C34H41NO9/c1-20(2)29(37)42-26-15-14-21(3)34-17-25(32(5,6)44-34)27(41-22(4)36)28(43-31(39)23-11-8-7-9-12-23)33(26,34)19-40-30(38)24-13-10-16-35-18-24/h7-13,16,18,20-21,25-28H,14-15,17,19H2,1-6H3/t21-,25+,26-,27+,28-,33-,34+/m1/s1. The van der Waals surface area contributed by atoms with Crippen molar-refractivity contribution in [3.63, 3.8) is 0 Å². The summed E-state index contributed by atoms with van der Waals surface area (Å²) in [6.45, 7) is 10.3. The lowest BCUT2D eigenvalue weighted by Gasteiger charge is -2.61. The number of hydrogen-bond donors (Lipinski definition) is 0. The number of ether oxygens (including phenoxy) is 5. The summed E-state index contributed by atoms with van der Waals surface area (Å²) in [7, 11) is 0. The Morgan fingerprint density at radius 3 is 2.30 bits per heavy atom. The van der Waals surface area contributed by atoms with Crippen LogP contribution in [0, 0.1) is 23.2 Å². The molecule has 10 heteroatoms. The first kappa shape index (κ1) is 31.6. The summed E-state index contributed by atoms with van der Waals surface area (Å²) >= 11 is 0. The van der Waals surface area contributed by atoms with Gasteiger partial charge in [-0.1, -0.05) is 39.0 Å². The Balaban J connectivity index is 1.71. The van der Waals surface area contributed by atoms with E-state index in [1.165, 1.54) is 13.1 Å². The van der Waals surface area contributed by atoms with Gasteiger partial charge in [0.15, 0.2) is 6.10 Å². The molecule has 236 valence electrons. The molecule has 2 heterocycles. The summed E-state index contributed by atoms with van der Waals surface area (Å²) in [4.78, 5) is 57.1. The van der Waals surface area contributed by atoms with Crippen molar-refractivity contribution in [3.05, 3.63) is 66.0 Å². The quantitative estimate of drug-likeness (QED) is 0.301. The second kappa shape index (κ2) is 12.0. The van der Waals surface area contributed by atoms with Gasteiger partial charge in [0, 0.05) is 25.2 Å². The van der Waals surface area contributed by atoms with Crippen molar-refractivity contribution in [2.75, 3.05) is 6.61 Å². The van der Waals surface area contributed by atoms with Crippen LogP contribution in [0.25, 0.3) is 0 Å². The maximum Gasteiger partial charge on any atom is 0.339 e. The predicted molar refractivity (Wildman–Crippen MR) is 157 cm³/mol. The number of rotatable bonds is 8. The number of nitrogens with zero attached hydrogens (tertiary/aromatic N) is 1. The zero-order valence-electron chi connectivity index (χ0n) is 26.1. The lowest BCUT2D eigenvalue weighted by molar-refractivity contribution is -0.287. The topological polar surface area (TPSA) is 127 Å². The fourth-order valence-electron chi connectivity index (χ4n) is 7.56. The monoisotopic (exact) mass is 607 g/mol. The van der Waals surface area contributed by atoms with E-state index >= 15 is 0 Å². The van der Waals surface area contributed by atoms with Crippen LogP contribution in [-0.4, -0.2) is 65.0 Å². The lowest BCUT2D eigenvalue weighted by Crippen LogP contribution is -2.74. The first-order valence-corrected chi connectivity index (χ1v) is 15.2. The Labute approximate surface area is 257 Å². The molecule has 44 heavy (non-hydrogen) atoms. The fraction of sp³-hybridized carbons (Fsp3) is 0.559. The van der Waals surface area contributed by atoms with E-state index in [0.717, 1.165) is 0 Å². The smallest absolute Gasteiger partial charge is 0.339 e. The lowest BCUT2D eigenvalue weighted by atomic mass is 9.49. The summed E-state index contributed by atoms with van der Waals surface area (Å²) in [5.41, 5.74) is -2.79. The SMILES string of the molecule is CC(=O)O[C@@H]1[C@@H](OC(=O)c2ccccc2)[C@@]2(COC(=O)c3cccnc3)[C@H](OC(=O)C(C)C)CC[C@@H](C)[C@@]23C[C@@H]1C(C)(C)O3. The zero-order chi connectivity index (χ0) is 31.9. The van der Waals surface area contributed by atoms with Gasteiger partial charge in [-0.25, -0.2) is 9.59 Å². The number of benzene rings is 1. The van der Waals surface area contributed by atoms with Crippen LogP contribution >= 0.6 is 0 Å². The molecule has 2 bridgehead atoms. The van der Waals surface area contributed by atoms with Gasteiger partial charge in [0.2, 0.25) is 0 Å². The average molecular weight is 608 g/mol. The number of carbonyl (C=O) groups is 4. The molecule has 1 aromatic heterocycles. The molecule has 1 spiro atoms. The third-order valence-electron chi connectivity index (χ3n) is 9.70. The van der Waals surface area contributed by atoms with Crippen LogP contribution in [-0.2, 0) is 33.3 Å². The van der Waals surface area contributed by atoms with Crippen molar-refractivity contribution < 1.29 is 42.9 Å². The van der Waals surface area contributed by atoms with E-state index in [0.29, 0.717) is 24.8 Å². The van der Waals surface area contributed by atoms with Crippen LogP contribution in [0.2, 0.25) is 0 Å². The summed E-state index contributed by atoms with van der Waals surface area (Å²) in [5.74, 6) is -3.24. The van der Waals surface area contributed by atoms with Gasteiger partial charge in [-0.3, -0.25) is 14.6 Å². The van der Waals surface area contributed by atoms with Gasteiger partial charge < -0.3 is 23.7 Å². The number of aromatic nitrogens is 1. The second-order valence-corrected chi connectivity index (χ2v) is 13.1. The molecule has 10 nitrogen and oxygen atoms in total. The molecule has 3 aliphatic rings. The minimum absolute atomic E-state index is 0.117. The van der Waals surface area contributed by atoms with Crippen molar-refractivity contribution in [1.29, 1.82) is 0 Å². The molecule has 1 aromatic carbocycles. The number of carbonyl (C=O) groups excluding carboxylic acids is 4. The van der Waals surface area contributed by atoms with Crippen molar-refractivity contribution in [2.24, 2.45) is 23.2 Å². The molecule has 0 N–H and O–H groups in total. The number of fused-ring (bicyclic) bond motifs is 1. The first-order valence-electron chi connectivity index (χ1n) is 15.2. The Bertz CT molecular complexity index is 1390. The summed E-state index contributed by atoms with van der Waals surface area (Å²) < 4.78 is 31.8. The molecule has 0 amide bonds. The molecular formula is C34H41NO9. The molecule has 1 saturated heterocycles. The van der Waals surface area contributed by atoms with Crippen LogP contribution in [0.1, 0.15) is 81.5 Å². The van der Waals surface area contributed by atoms with Crippen LogP contribution in [0.3, 0.4) is 0 Å². The Morgan fingerprint density at radius 1 is 0.955 bits per heavy atom. The third kappa shape index (κ3) is 5.38. The van der Waals surface area contributed by atoms with E-state index in [4.69, 9.17) is 23.7 Å². The zero-order valence-corrected chi connectivity index (χ0v) is 26.1. The molecule has 5 rings (SSSR count). The highest BCUT2D eigenvalue weighted by Crippen LogP contribution is 2.67. The number of hydrogen-bond acceptors (Lipinski definition) is 10. The van der Waals surface area contributed by atoms with Crippen molar-refractivity contribution in [2.45, 2.75) is 90.3 Å². The Morgan fingerprint density at radius 2 is 1.66 bits per heavy atom. The van der Waals surface area contributed by atoms with Crippen molar-refractivity contribution in [1.82, 2.24) is 4.98 Å². The van der Waals surface area contributed by atoms with E-state index in [1.54, 1.807) is 62.5 Å². The first-order chi connectivity index (χ1) is 20.8. The highest BCUT2D eigenvalue weighted by Gasteiger charge is 2.79. The molecule has 0 unspecified atom stereocenters. The second-order valence-electron chi connectivity index (χ2n) is 13.1. The van der Waals surface area contributed by atoms with E-state index in [9.17, 15) is 19.2 Å². The Hall–Kier alpha value is -3.79. The molecule has 2 saturated carbocycles. The van der Waals surface area contributed by atoms with Gasteiger partial charge in [-0.2, -0.15) is 0 Å². The summed E-state index contributed by atoms with van der Waals surface area (Å²) in [6, 6.07) is 11.7. The van der Waals surface area contributed by atoms with Crippen LogP contribution in [0.4, 0.5) is 0 Å². The molecule has 2 aromatic rings. The van der Waals surface area contributed by atoms with Crippen LogP contribution in [0.5, 0.6) is 0 Å². The normalized spacial score (nSPS) is 31.8. The number of esters is 4. The molecule has 7 atom stereocenters. The fourth-order valence-corrected chi connectivity index (χ4v) is 7.56. The third-order valence-corrected chi connectivity index (χ3v) is 9.70. The summed E-state index contributed by atoms with van der Waals surface area (Å²) in [5, 5.41) is 0. The minimum atomic E-state index is -1.43. The largest absolute Gasteiger partial charge is 0.461 e.